The molecule has 0 spiro atoms. The maximum Gasteiger partial charge on any atom is 0.235 e. The number of fused-ring (bicyclic) bond motifs is 1. The van der Waals surface area contributed by atoms with Gasteiger partial charge in [-0.25, -0.2) is 4.98 Å². The van der Waals surface area contributed by atoms with Gasteiger partial charge >= 0.3 is 0 Å². The van der Waals surface area contributed by atoms with E-state index in [0.717, 1.165) is 0 Å². The Labute approximate surface area is 80.4 Å². The molecule has 0 saturated heterocycles. The van der Waals surface area contributed by atoms with Crippen molar-refractivity contribution in [3.63, 3.8) is 0 Å². The molecule has 1 fully saturated rings. The van der Waals surface area contributed by atoms with E-state index in [-0.39, 0.29) is 0 Å². The van der Waals surface area contributed by atoms with Crippen molar-refractivity contribution in [2.24, 2.45) is 0 Å². The van der Waals surface area contributed by atoms with Crippen molar-refractivity contribution in [2.75, 3.05) is 0 Å². The van der Waals surface area contributed by atoms with E-state index in [4.69, 9.17) is 11.6 Å². The van der Waals surface area contributed by atoms with Gasteiger partial charge in [0.05, 0.1) is 0 Å². The molecule has 0 aliphatic heterocycles. The third-order valence-electron chi connectivity index (χ3n) is 2.37. The van der Waals surface area contributed by atoms with Crippen LogP contribution in [0.25, 0.3) is 5.78 Å². The van der Waals surface area contributed by atoms with Crippen molar-refractivity contribution < 1.29 is 0 Å². The van der Waals surface area contributed by atoms with Crippen LogP contribution in [0.5, 0.6) is 0 Å². The quantitative estimate of drug-likeness (QED) is 0.696. The standard InChI is InChI=1S/C9H8ClN3/c10-8-5-13-7(6-1-2-6)3-4-11-9(13)12-8/h3-6H,1-2H2. The molecule has 3 rings (SSSR count). The smallest absolute Gasteiger partial charge is 0.235 e. The van der Waals surface area contributed by atoms with Crippen LogP contribution in [0.4, 0.5) is 0 Å². The molecule has 1 aliphatic rings. The van der Waals surface area contributed by atoms with Crippen LogP contribution in [0.2, 0.25) is 5.15 Å². The van der Waals surface area contributed by atoms with E-state index in [9.17, 15) is 0 Å². The molecule has 0 N–H and O–H groups in total. The minimum absolute atomic E-state index is 0.514. The van der Waals surface area contributed by atoms with Gasteiger partial charge in [0.1, 0.15) is 5.15 Å². The van der Waals surface area contributed by atoms with Crippen LogP contribution in [0.3, 0.4) is 0 Å². The summed E-state index contributed by atoms with van der Waals surface area (Å²) in [6, 6.07) is 2.04. The lowest BCUT2D eigenvalue weighted by molar-refractivity contribution is 0.943. The van der Waals surface area contributed by atoms with E-state index in [0.29, 0.717) is 16.8 Å². The minimum atomic E-state index is 0.514. The average Bonchev–Trinajstić information content (AvgIpc) is 2.86. The zero-order valence-corrected chi connectivity index (χ0v) is 7.70. The Morgan fingerprint density at radius 1 is 1.46 bits per heavy atom. The fraction of sp³-hybridized carbons (Fsp3) is 0.333. The molecular formula is C9H8ClN3. The Balaban J connectivity index is 2.31. The van der Waals surface area contributed by atoms with E-state index in [1.807, 2.05) is 16.7 Å². The van der Waals surface area contributed by atoms with Crippen molar-refractivity contribution in [1.29, 1.82) is 0 Å². The highest BCUT2D eigenvalue weighted by atomic mass is 35.5. The maximum atomic E-state index is 5.81. The molecule has 0 radical (unpaired) electrons. The summed E-state index contributed by atoms with van der Waals surface area (Å²) in [5.41, 5.74) is 1.28. The van der Waals surface area contributed by atoms with Crippen molar-refractivity contribution >= 4 is 17.4 Å². The molecule has 66 valence electrons. The molecule has 0 unspecified atom stereocenters. The fourth-order valence-corrected chi connectivity index (χ4v) is 1.77. The second kappa shape index (κ2) is 2.45. The SMILES string of the molecule is Clc1cn2c(C3CC3)ccnc2n1. The zero-order valence-electron chi connectivity index (χ0n) is 6.94. The maximum absolute atomic E-state index is 5.81. The summed E-state index contributed by atoms with van der Waals surface area (Å²) in [6.07, 6.45) is 6.17. The van der Waals surface area contributed by atoms with Gasteiger partial charge in [0, 0.05) is 18.1 Å². The lowest BCUT2D eigenvalue weighted by Crippen LogP contribution is -1.94. The van der Waals surface area contributed by atoms with Crippen LogP contribution in [-0.2, 0) is 0 Å². The van der Waals surface area contributed by atoms with Crippen molar-refractivity contribution in [2.45, 2.75) is 18.8 Å². The summed E-state index contributed by atoms with van der Waals surface area (Å²) in [7, 11) is 0. The molecule has 1 saturated carbocycles. The van der Waals surface area contributed by atoms with Gasteiger partial charge in [0.2, 0.25) is 5.78 Å². The molecule has 2 heterocycles. The zero-order chi connectivity index (χ0) is 8.84. The number of imidazole rings is 1. The Hall–Kier alpha value is -1.09. The summed E-state index contributed by atoms with van der Waals surface area (Å²) < 4.78 is 1.99. The Morgan fingerprint density at radius 3 is 3.08 bits per heavy atom. The van der Waals surface area contributed by atoms with Gasteiger partial charge < -0.3 is 0 Å². The van der Waals surface area contributed by atoms with E-state index in [1.54, 1.807) is 6.20 Å². The highest BCUT2D eigenvalue weighted by Gasteiger charge is 2.26. The summed E-state index contributed by atoms with van der Waals surface area (Å²) in [4.78, 5) is 8.24. The van der Waals surface area contributed by atoms with Crippen LogP contribution >= 0.6 is 11.6 Å². The van der Waals surface area contributed by atoms with Gasteiger partial charge in [0.25, 0.3) is 0 Å². The van der Waals surface area contributed by atoms with Crippen LogP contribution in [0.1, 0.15) is 24.5 Å². The van der Waals surface area contributed by atoms with Crippen LogP contribution in [0, 0.1) is 0 Å². The Bertz CT molecular complexity index is 459. The summed E-state index contributed by atoms with van der Waals surface area (Å²) >= 11 is 5.81. The number of hydrogen-bond acceptors (Lipinski definition) is 2. The van der Waals surface area contributed by atoms with Gasteiger partial charge in [-0.05, 0) is 24.8 Å². The number of halogens is 1. The number of nitrogens with zero attached hydrogens (tertiary/aromatic N) is 3. The molecule has 0 amide bonds. The summed E-state index contributed by atoms with van der Waals surface area (Å²) in [6.45, 7) is 0. The van der Waals surface area contributed by atoms with Crippen LogP contribution in [0.15, 0.2) is 18.5 Å². The third kappa shape index (κ3) is 1.11. The predicted octanol–water partition coefficient (Wildman–Crippen LogP) is 2.26. The summed E-state index contributed by atoms with van der Waals surface area (Å²) in [5.74, 6) is 1.39. The molecule has 13 heavy (non-hydrogen) atoms. The Kier molecular flexibility index (Phi) is 1.38. The van der Waals surface area contributed by atoms with Gasteiger partial charge in [0.15, 0.2) is 0 Å². The summed E-state index contributed by atoms with van der Waals surface area (Å²) in [5, 5.41) is 0.514. The van der Waals surface area contributed by atoms with Crippen molar-refractivity contribution in [3.05, 3.63) is 29.3 Å². The average molecular weight is 194 g/mol. The number of rotatable bonds is 1. The second-order valence-corrected chi connectivity index (χ2v) is 3.76. The van der Waals surface area contributed by atoms with E-state index in [2.05, 4.69) is 9.97 Å². The fourth-order valence-electron chi connectivity index (χ4n) is 1.60. The van der Waals surface area contributed by atoms with E-state index < -0.39 is 0 Å². The first kappa shape index (κ1) is 7.33. The lowest BCUT2D eigenvalue weighted by Gasteiger charge is -2.00. The highest BCUT2D eigenvalue weighted by Crippen LogP contribution is 2.39. The lowest BCUT2D eigenvalue weighted by atomic mass is 10.3. The second-order valence-electron chi connectivity index (χ2n) is 3.38. The first-order valence-corrected chi connectivity index (χ1v) is 4.72. The molecule has 4 heteroatoms. The van der Waals surface area contributed by atoms with Crippen molar-refractivity contribution in [3.8, 4) is 0 Å². The monoisotopic (exact) mass is 193 g/mol. The first-order chi connectivity index (χ1) is 6.34. The molecule has 0 bridgehead atoms. The number of hydrogen-bond donors (Lipinski definition) is 0. The molecule has 2 aromatic heterocycles. The number of aromatic nitrogens is 3. The molecular weight excluding hydrogens is 186 g/mol. The largest absolute Gasteiger partial charge is 0.286 e. The van der Waals surface area contributed by atoms with E-state index >= 15 is 0 Å². The molecule has 0 atom stereocenters. The molecule has 3 nitrogen and oxygen atoms in total. The molecule has 0 aromatic carbocycles. The minimum Gasteiger partial charge on any atom is -0.286 e. The van der Waals surface area contributed by atoms with Crippen LogP contribution in [-0.4, -0.2) is 14.4 Å². The van der Waals surface area contributed by atoms with Gasteiger partial charge in [-0.3, -0.25) is 4.40 Å². The predicted molar refractivity (Wildman–Crippen MR) is 50.0 cm³/mol. The van der Waals surface area contributed by atoms with Gasteiger partial charge in [-0.1, -0.05) is 11.6 Å². The molecule has 1 aliphatic carbocycles. The Morgan fingerprint density at radius 2 is 2.31 bits per heavy atom. The third-order valence-corrected chi connectivity index (χ3v) is 2.55. The molecule has 2 aromatic rings. The van der Waals surface area contributed by atoms with Gasteiger partial charge in [-0.2, -0.15) is 4.98 Å². The van der Waals surface area contributed by atoms with Crippen LogP contribution < -0.4 is 0 Å². The topological polar surface area (TPSA) is 30.2 Å². The van der Waals surface area contributed by atoms with E-state index in [1.165, 1.54) is 18.5 Å². The normalized spacial score (nSPS) is 16.7. The van der Waals surface area contributed by atoms with Gasteiger partial charge in [-0.15, -0.1) is 0 Å². The first-order valence-electron chi connectivity index (χ1n) is 4.34. The highest BCUT2D eigenvalue weighted by molar-refractivity contribution is 6.29. The van der Waals surface area contributed by atoms with Crippen molar-refractivity contribution in [1.82, 2.24) is 14.4 Å².